The van der Waals surface area contributed by atoms with Gasteiger partial charge in [0.25, 0.3) is 0 Å². The standard InChI is InChI=1S/C31H66NO4.ClH/c1-27(2)13-10-14-28(3)15-11-16-29(4)17-12-18-30(5)19-21-35-25-31(33-9)26-36-24-23-34-22-20-32(6,7)8;/h27-31H,10-26H2,1-9H3;1H/q+1;/p-1. The maximum atomic E-state index is 5.90. The van der Waals surface area contributed by atoms with E-state index in [1.807, 2.05) is 0 Å². The molecule has 0 spiro atoms. The van der Waals surface area contributed by atoms with Gasteiger partial charge in [0.15, 0.2) is 0 Å². The highest BCUT2D eigenvalue weighted by Crippen LogP contribution is 2.22. The zero-order valence-electron chi connectivity index (χ0n) is 26.4. The van der Waals surface area contributed by atoms with E-state index in [-0.39, 0.29) is 18.5 Å². The number of quaternary nitrogens is 1. The average Bonchev–Trinajstić information content (AvgIpc) is 2.78. The smallest absolute Gasteiger partial charge is 0.104 e. The van der Waals surface area contributed by atoms with E-state index in [1.165, 1.54) is 57.8 Å². The Bertz CT molecular complexity index is 473. The molecule has 5 nitrogen and oxygen atoms in total. The van der Waals surface area contributed by atoms with Crippen molar-refractivity contribution in [2.75, 3.05) is 74.4 Å². The molecule has 0 fully saturated rings. The molecule has 0 amide bonds. The summed E-state index contributed by atoms with van der Waals surface area (Å²) < 4.78 is 23.7. The van der Waals surface area contributed by atoms with Gasteiger partial charge in [0.2, 0.25) is 0 Å². The van der Waals surface area contributed by atoms with Crippen LogP contribution in [0.5, 0.6) is 0 Å². The first-order chi connectivity index (χ1) is 17.0. The number of ether oxygens (including phenoxy) is 4. The summed E-state index contributed by atoms with van der Waals surface area (Å²) in [4.78, 5) is 0. The molecule has 226 valence electrons. The van der Waals surface area contributed by atoms with Crippen molar-refractivity contribution in [3.8, 4) is 0 Å². The monoisotopic (exact) mass is 551 g/mol. The second kappa shape index (κ2) is 25.1. The third kappa shape index (κ3) is 28.9. The summed E-state index contributed by atoms with van der Waals surface area (Å²) >= 11 is 0. The summed E-state index contributed by atoms with van der Waals surface area (Å²) in [6.07, 6.45) is 13.6. The molecule has 0 rings (SSSR count). The van der Waals surface area contributed by atoms with Crippen molar-refractivity contribution in [1.82, 2.24) is 0 Å². The Morgan fingerprint density at radius 2 is 0.973 bits per heavy atom. The number of methoxy groups -OCH3 is 1. The predicted octanol–water partition coefficient (Wildman–Crippen LogP) is 4.23. The number of hydrogen-bond donors (Lipinski definition) is 0. The maximum absolute atomic E-state index is 5.90. The Balaban J connectivity index is 0. The highest BCUT2D eigenvalue weighted by atomic mass is 35.5. The molecule has 0 aromatic heterocycles. The molecule has 0 aliphatic carbocycles. The van der Waals surface area contributed by atoms with Crippen LogP contribution < -0.4 is 12.4 Å². The van der Waals surface area contributed by atoms with Gasteiger partial charge in [-0.2, -0.15) is 0 Å². The first-order valence-corrected chi connectivity index (χ1v) is 15.1. The van der Waals surface area contributed by atoms with Gasteiger partial charge in [0, 0.05) is 13.7 Å². The molecule has 37 heavy (non-hydrogen) atoms. The Morgan fingerprint density at radius 3 is 1.43 bits per heavy atom. The van der Waals surface area contributed by atoms with Gasteiger partial charge in [-0.1, -0.05) is 92.4 Å². The fraction of sp³-hybridized carbons (Fsp3) is 1.00. The molecule has 0 saturated carbocycles. The molecule has 0 radical (unpaired) electrons. The molecule has 4 atom stereocenters. The summed E-state index contributed by atoms with van der Waals surface area (Å²) in [6, 6.07) is 0. The summed E-state index contributed by atoms with van der Waals surface area (Å²) in [6.45, 7) is 16.9. The fourth-order valence-electron chi connectivity index (χ4n) is 4.39. The van der Waals surface area contributed by atoms with Gasteiger partial charge in [-0.25, -0.2) is 0 Å². The number of hydrogen-bond acceptors (Lipinski definition) is 4. The van der Waals surface area contributed by atoms with Crippen molar-refractivity contribution in [2.45, 2.75) is 105 Å². The minimum atomic E-state index is -0.00896. The lowest BCUT2D eigenvalue weighted by Gasteiger charge is -2.23. The van der Waals surface area contributed by atoms with Gasteiger partial charge in [-0.05, 0) is 30.1 Å². The highest BCUT2D eigenvalue weighted by molar-refractivity contribution is 4.61. The highest BCUT2D eigenvalue weighted by Gasteiger charge is 2.11. The molecule has 0 aromatic carbocycles. The van der Waals surface area contributed by atoms with Gasteiger partial charge >= 0.3 is 0 Å². The number of likely N-dealkylation sites (N-methyl/N-ethyl adjacent to an activating group) is 1. The predicted molar refractivity (Wildman–Crippen MR) is 155 cm³/mol. The molecule has 0 N–H and O–H groups in total. The zero-order valence-corrected chi connectivity index (χ0v) is 27.1. The molecule has 0 aliphatic rings. The lowest BCUT2D eigenvalue weighted by atomic mass is 9.91. The van der Waals surface area contributed by atoms with E-state index in [0.29, 0.717) is 26.4 Å². The zero-order chi connectivity index (χ0) is 27.2. The van der Waals surface area contributed by atoms with Crippen molar-refractivity contribution in [3.63, 3.8) is 0 Å². The number of rotatable bonds is 26. The van der Waals surface area contributed by atoms with Crippen LogP contribution in [0, 0.1) is 23.7 Å². The van der Waals surface area contributed by atoms with E-state index >= 15 is 0 Å². The molecular formula is C31H66ClNO4. The van der Waals surface area contributed by atoms with Crippen LogP contribution in [0.1, 0.15) is 98.8 Å². The van der Waals surface area contributed by atoms with Gasteiger partial charge in [-0.15, -0.1) is 0 Å². The van der Waals surface area contributed by atoms with Crippen molar-refractivity contribution in [3.05, 3.63) is 0 Å². The van der Waals surface area contributed by atoms with Crippen molar-refractivity contribution >= 4 is 0 Å². The van der Waals surface area contributed by atoms with E-state index < -0.39 is 0 Å². The second-order valence-electron chi connectivity index (χ2n) is 12.9. The Hall–Kier alpha value is 0.0900. The van der Waals surface area contributed by atoms with Crippen LogP contribution in [0.25, 0.3) is 0 Å². The van der Waals surface area contributed by atoms with E-state index in [0.717, 1.165) is 54.3 Å². The van der Waals surface area contributed by atoms with Crippen molar-refractivity contribution < 1.29 is 35.8 Å². The number of nitrogens with zero attached hydrogens (tertiary/aromatic N) is 1. The lowest BCUT2D eigenvalue weighted by molar-refractivity contribution is -0.870. The van der Waals surface area contributed by atoms with Gasteiger partial charge in [0.05, 0.1) is 54.2 Å². The minimum absolute atomic E-state index is 0. The second-order valence-corrected chi connectivity index (χ2v) is 12.9. The summed E-state index contributed by atoms with van der Waals surface area (Å²) in [5.74, 6) is 3.34. The molecule has 4 unspecified atom stereocenters. The molecule has 0 saturated heterocycles. The molecule has 0 aliphatic heterocycles. The fourth-order valence-corrected chi connectivity index (χ4v) is 4.39. The van der Waals surface area contributed by atoms with Gasteiger partial charge in [-0.3, -0.25) is 0 Å². The largest absolute Gasteiger partial charge is 1.00 e. The maximum Gasteiger partial charge on any atom is 0.104 e. The van der Waals surface area contributed by atoms with Crippen molar-refractivity contribution in [1.29, 1.82) is 0 Å². The van der Waals surface area contributed by atoms with Crippen LogP contribution in [0.3, 0.4) is 0 Å². The first-order valence-electron chi connectivity index (χ1n) is 15.1. The third-order valence-corrected chi connectivity index (χ3v) is 7.24. The molecule has 0 heterocycles. The lowest BCUT2D eigenvalue weighted by Crippen LogP contribution is -3.00. The van der Waals surface area contributed by atoms with Crippen LogP contribution in [-0.4, -0.2) is 85.0 Å². The minimum Gasteiger partial charge on any atom is -1.00 e. The SMILES string of the molecule is COC(COCCOCC[N+](C)(C)C)COCCC(C)CCCC(C)CCCC(C)CCCC(C)C.[Cl-]. The van der Waals surface area contributed by atoms with Crippen LogP contribution >= 0.6 is 0 Å². The normalized spacial score (nSPS) is 15.4. The first kappa shape index (κ1) is 39.2. The summed E-state index contributed by atoms with van der Waals surface area (Å²) in [7, 11) is 8.24. The van der Waals surface area contributed by atoms with E-state index in [2.05, 4.69) is 55.8 Å². The van der Waals surface area contributed by atoms with Crippen LogP contribution in [0.2, 0.25) is 0 Å². The average molecular weight is 552 g/mol. The number of halogens is 1. The molecule has 6 heteroatoms. The van der Waals surface area contributed by atoms with E-state index in [1.54, 1.807) is 7.11 Å². The summed E-state index contributed by atoms with van der Waals surface area (Å²) in [5, 5.41) is 0. The molecule has 0 bridgehead atoms. The molecular weight excluding hydrogens is 486 g/mol. The Kier molecular flexibility index (Phi) is 26.6. The van der Waals surface area contributed by atoms with Crippen LogP contribution in [-0.2, 0) is 18.9 Å². The van der Waals surface area contributed by atoms with E-state index in [9.17, 15) is 0 Å². The quantitative estimate of drug-likeness (QED) is 0.119. The molecule has 0 aromatic rings. The van der Waals surface area contributed by atoms with Crippen molar-refractivity contribution in [2.24, 2.45) is 23.7 Å². The Morgan fingerprint density at radius 1 is 0.541 bits per heavy atom. The van der Waals surface area contributed by atoms with Gasteiger partial charge < -0.3 is 35.8 Å². The summed E-state index contributed by atoms with van der Waals surface area (Å²) in [5.41, 5.74) is 0. The van der Waals surface area contributed by atoms with Gasteiger partial charge in [0.1, 0.15) is 12.6 Å². The van der Waals surface area contributed by atoms with Crippen LogP contribution in [0.15, 0.2) is 0 Å². The van der Waals surface area contributed by atoms with Crippen LogP contribution in [0.4, 0.5) is 0 Å². The van der Waals surface area contributed by atoms with E-state index in [4.69, 9.17) is 18.9 Å². The Labute approximate surface area is 238 Å². The third-order valence-electron chi connectivity index (χ3n) is 7.24. The topological polar surface area (TPSA) is 36.9 Å².